The molecule has 3 N–H and O–H groups in total. The lowest BCUT2D eigenvalue weighted by molar-refractivity contribution is 0.0958. The summed E-state index contributed by atoms with van der Waals surface area (Å²) in [6.07, 6.45) is 3.13. The maximum atomic E-state index is 12.1. The number of rotatable bonds is 5. The molecular weight excluding hydrogens is 358 g/mol. The van der Waals surface area contributed by atoms with Crippen molar-refractivity contribution in [3.05, 3.63) is 72.2 Å². The zero-order valence-electron chi connectivity index (χ0n) is 15.4. The Morgan fingerprint density at radius 3 is 2.36 bits per heavy atom. The minimum Gasteiger partial charge on any atom is -0.457 e. The number of hydrogen-bond donors (Lipinski definition) is 3. The van der Waals surface area contributed by atoms with Crippen molar-refractivity contribution in [1.29, 1.82) is 0 Å². The van der Waals surface area contributed by atoms with Gasteiger partial charge in [-0.05, 0) is 55.0 Å². The highest BCUT2D eigenvalue weighted by atomic mass is 16.5. The Bertz CT molecular complexity index is 989. The summed E-state index contributed by atoms with van der Waals surface area (Å²) in [4.78, 5) is 31.8. The lowest BCUT2D eigenvalue weighted by Gasteiger charge is -2.09. The molecule has 142 valence electrons. The predicted octanol–water partition coefficient (Wildman–Crippen LogP) is 3.58. The van der Waals surface area contributed by atoms with Gasteiger partial charge in [-0.25, -0.2) is 9.78 Å². The third-order valence-electron chi connectivity index (χ3n) is 3.70. The van der Waals surface area contributed by atoms with Gasteiger partial charge in [-0.2, -0.15) is 0 Å². The fourth-order valence-corrected chi connectivity index (χ4v) is 2.35. The van der Waals surface area contributed by atoms with Gasteiger partial charge in [0, 0.05) is 31.2 Å². The van der Waals surface area contributed by atoms with E-state index in [0.717, 1.165) is 5.56 Å². The van der Waals surface area contributed by atoms with Crippen LogP contribution in [0.15, 0.2) is 60.9 Å². The molecule has 0 atom stereocenters. The van der Waals surface area contributed by atoms with Crippen LogP contribution < -0.4 is 20.7 Å². The Morgan fingerprint density at radius 1 is 0.893 bits per heavy atom. The number of benzene rings is 1. The Kier molecular flexibility index (Phi) is 5.81. The Hall–Kier alpha value is -3.94. The van der Waals surface area contributed by atoms with E-state index in [1.54, 1.807) is 48.7 Å². The van der Waals surface area contributed by atoms with Crippen LogP contribution in [-0.4, -0.2) is 29.0 Å². The molecule has 3 rings (SSSR count). The monoisotopic (exact) mass is 377 g/mol. The topological polar surface area (TPSA) is 105 Å². The van der Waals surface area contributed by atoms with Gasteiger partial charge >= 0.3 is 6.03 Å². The first-order valence-corrected chi connectivity index (χ1v) is 8.50. The molecule has 0 spiro atoms. The molecule has 0 radical (unpaired) electrons. The lowest BCUT2D eigenvalue weighted by Crippen LogP contribution is -2.20. The molecular formula is C20H19N5O3. The molecule has 0 bridgehead atoms. The number of nitrogens with zero attached hydrogens (tertiary/aromatic N) is 2. The van der Waals surface area contributed by atoms with Crippen LogP contribution in [0.3, 0.4) is 0 Å². The Balaban J connectivity index is 1.60. The molecule has 2 heterocycles. The summed E-state index contributed by atoms with van der Waals surface area (Å²) in [5, 5.41) is 7.91. The van der Waals surface area contributed by atoms with Crippen molar-refractivity contribution in [2.45, 2.75) is 6.92 Å². The van der Waals surface area contributed by atoms with Crippen molar-refractivity contribution >= 4 is 23.4 Å². The van der Waals surface area contributed by atoms with Crippen molar-refractivity contribution in [1.82, 2.24) is 15.3 Å². The van der Waals surface area contributed by atoms with E-state index in [1.165, 1.54) is 13.2 Å². The second-order valence-electron chi connectivity index (χ2n) is 5.88. The number of nitrogens with one attached hydrogen (secondary N) is 3. The van der Waals surface area contributed by atoms with Crippen LogP contribution in [0, 0.1) is 6.92 Å². The van der Waals surface area contributed by atoms with Crippen molar-refractivity contribution in [2.75, 3.05) is 17.7 Å². The van der Waals surface area contributed by atoms with Gasteiger partial charge in [0.05, 0.1) is 0 Å². The van der Waals surface area contributed by atoms with Crippen LogP contribution in [0.25, 0.3) is 0 Å². The van der Waals surface area contributed by atoms with Crippen LogP contribution in [0.2, 0.25) is 0 Å². The summed E-state index contributed by atoms with van der Waals surface area (Å²) < 4.78 is 5.72. The Morgan fingerprint density at radius 2 is 1.64 bits per heavy atom. The molecule has 8 nitrogen and oxygen atoms in total. The summed E-state index contributed by atoms with van der Waals surface area (Å²) in [5.41, 5.74) is 1.86. The number of aromatic nitrogens is 2. The highest BCUT2D eigenvalue weighted by Crippen LogP contribution is 2.23. The summed E-state index contributed by atoms with van der Waals surface area (Å²) in [6, 6.07) is 13.3. The molecule has 2 aromatic heterocycles. The van der Waals surface area contributed by atoms with Crippen molar-refractivity contribution in [2.24, 2.45) is 0 Å². The zero-order chi connectivity index (χ0) is 19.9. The second-order valence-corrected chi connectivity index (χ2v) is 5.88. The van der Waals surface area contributed by atoms with E-state index in [2.05, 4.69) is 25.9 Å². The van der Waals surface area contributed by atoms with Gasteiger partial charge in [-0.3, -0.25) is 15.1 Å². The van der Waals surface area contributed by atoms with Gasteiger partial charge in [0.2, 0.25) is 0 Å². The number of hydrogen-bond acceptors (Lipinski definition) is 5. The number of pyridine rings is 2. The Labute approximate surface area is 162 Å². The summed E-state index contributed by atoms with van der Waals surface area (Å²) in [7, 11) is 1.54. The van der Waals surface area contributed by atoms with Gasteiger partial charge < -0.3 is 15.4 Å². The normalized spacial score (nSPS) is 10.1. The number of carbonyl (C=O) groups is 2. The maximum absolute atomic E-state index is 12.1. The van der Waals surface area contributed by atoms with Crippen LogP contribution in [-0.2, 0) is 0 Å². The van der Waals surface area contributed by atoms with E-state index in [0.29, 0.717) is 23.0 Å². The van der Waals surface area contributed by atoms with Crippen molar-refractivity contribution < 1.29 is 14.3 Å². The van der Waals surface area contributed by atoms with Gasteiger partial charge in [0.15, 0.2) is 0 Å². The van der Waals surface area contributed by atoms with Crippen LogP contribution in [0.1, 0.15) is 16.1 Å². The van der Waals surface area contributed by atoms with E-state index < -0.39 is 6.03 Å². The maximum Gasteiger partial charge on any atom is 0.324 e. The van der Waals surface area contributed by atoms with Gasteiger partial charge in [0.1, 0.15) is 23.0 Å². The third-order valence-corrected chi connectivity index (χ3v) is 3.70. The average Bonchev–Trinajstić information content (AvgIpc) is 2.69. The number of aryl methyl sites for hydroxylation is 1. The molecule has 0 aliphatic rings. The molecule has 0 aliphatic heterocycles. The molecule has 3 amide bonds. The van der Waals surface area contributed by atoms with Gasteiger partial charge in [-0.1, -0.05) is 0 Å². The standard InChI is InChI=1S/C20H19N5O3/c1-13-7-9-23-18(11-13)25-20(27)24-14-3-5-15(6-4-14)28-16-8-10-22-17(12-16)19(26)21-2/h3-12H,1-2H3,(H,21,26)(H2,23,24,25,27). The highest BCUT2D eigenvalue weighted by Gasteiger charge is 2.07. The molecule has 0 saturated heterocycles. The fraction of sp³-hybridized carbons (Fsp3) is 0.100. The van der Waals surface area contributed by atoms with E-state index in [4.69, 9.17) is 4.74 Å². The summed E-state index contributed by atoms with van der Waals surface area (Å²) in [6.45, 7) is 1.92. The first kappa shape index (κ1) is 18.8. The number of ether oxygens (including phenoxy) is 1. The second kappa shape index (κ2) is 8.63. The van der Waals surface area contributed by atoms with E-state index in [-0.39, 0.29) is 11.6 Å². The number of amides is 3. The summed E-state index contributed by atoms with van der Waals surface area (Å²) >= 11 is 0. The van der Waals surface area contributed by atoms with Crippen molar-refractivity contribution in [3.63, 3.8) is 0 Å². The first-order valence-electron chi connectivity index (χ1n) is 8.50. The van der Waals surface area contributed by atoms with Crippen molar-refractivity contribution in [3.8, 4) is 11.5 Å². The van der Waals surface area contributed by atoms with E-state index in [1.807, 2.05) is 13.0 Å². The highest BCUT2D eigenvalue weighted by molar-refractivity contribution is 5.99. The number of carbonyl (C=O) groups excluding carboxylic acids is 2. The van der Waals surface area contributed by atoms with Crippen LogP contribution >= 0.6 is 0 Å². The fourth-order valence-electron chi connectivity index (χ4n) is 2.35. The van der Waals surface area contributed by atoms with Crippen LogP contribution in [0.5, 0.6) is 11.5 Å². The SMILES string of the molecule is CNC(=O)c1cc(Oc2ccc(NC(=O)Nc3cc(C)ccn3)cc2)ccn1. The van der Waals surface area contributed by atoms with Gasteiger partial charge in [0.25, 0.3) is 5.91 Å². The lowest BCUT2D eigenvalue weighted by atomic mass is 10.3. The molecule has 0 fully saturated rings. The first-order chi connectivity index (χ1) is 13.5. The van der Waals surface area contributed by atoms with Gasteiger partial charge in [-0.15, -0.1) is 0 Å². The molecule has 0 saturated carbocycles. The molecule has 0 aliphatic carbocycles. The third kappa shape index (κ3) is 5.04. The molecule has 8 heteroatoms. The quantitative estimate of drug-likeness (QED) is 0.630. The smallest absolute Gasteiger partial charge is 0.324 e. The van der Waals surface area contributed by atoms with E-state index >= 15 is 0 Å². The largest absolute Gasteiger partial charge is 0.457 e. The minimum atomic E-state index is -0.392. The molecule has 0 unspecified atom stereocenters. The molecule has 3 aromatic rings. The van der Waals surface area contributed by atoms with Crippen LogP contribution in [0.4, 0.5) is 16.3 Å². The molecule has 28 heavy (non-hydrogen) atoms. The summed E-state index contributed by atoms with van der Waals surface area (Å²) in [5.74, 6) is 1.22. The molecule has 1 aromatic carbocycles. The number of anilines is 2. The average molecular weight is 377 g/mol. The number of urea groups is 1. The van der Waals surface area contributed by atoms with E-state index in [9.17, 15) is 9.59 Å². The minimum absolute atomic E-state index is 0.264. The zero-order valence-corrected chi connectivity index (χ0v) is 15.4. The predicted molar refractivity (Wildman–Crippen MR) is 106 cm³/mol.